The van der Waals surface area contributed by atoms with Gasteiger partial charge < -0.3 is 24.3 Å². The molecule has 11 heteroatoms. The van der Waals surface area contributed by atoms with Gasteiger partial charge in [0.1, 0.15) is 23.4 Å². The van der Waals surface area contributed by atoms with Gasteiger partial charge in [-0.05, 0) is 61.7 Å². The summed E-state index contributed by atoms with van der Waals surface area (Å²) in [7, 11) is 1.39. The summed E-state index contributed by atoms with van der Waals surface area (Å²) in [5.74, 6) is 2.43. The van der Waals surface area contributed by atoms with Gasteiger partial charge in [-0.2, -0.15) is 5.10 Å². The minimum atomic E-state index is -3.64. The van der Waals surface area contributed by atoms with Crippen LogP contribution in [-0.2, 0) is 26.5 Å². The van der Waals surface area contributed by atoms with Gasteiger partial charge in [-0.25, -0.2) is 13.1 Å². The largest absolute Gasteiger partial charge is 0.488 e. The van der Waals surface area contributed by atoms with Crippen molar-refractivity contribution >= 4 is 21.5 Å². The van der Waals surface area contributed by atoms with Crippen molar-refractivity contribution in [1.29, 1.82) is 0 Å². The van der Waals surface area contributed by atoms with E-state index in [9.17, 15) is 8.42 Å². The number of hydrogen-bond donors (Lipinski definition) is 2. The van der Waals surface area contributed by atoms with E-state index in [0.717, 1.165) is 29.9 Å². The van der Waals surface area contributed by atoms with E-state index >= 15 is 0 Å². The van der Waals surface area contributed by atoms with Gasteiger partial charge in [0.2, 0.25) is 10.0 Å². The maximum Gasteiger partial charge on any atom is 0.240 e. The van der Waals surface area contributed by atoms with Crippen LogP contribution in [-0.4, -0.2) is 58.3 Å². The third-order valence-electron chi connectivity index (χ3n) is 5.70. The molecule has 3 aromatic rings. The van der Waals surface area contributed by atoms with E-state index < -0.39 is 10.0 Å². The van der Waals surface area contributed by atoms with Crippen molar-refractivity contribution in [2.75, 3.05) is 39.3 Å². The Labute approximate surface area is 223 Å². The van der Waals surface area contributed by atoms with E-state index in [4.69, 9.17) is 18.9 Å². The van der Waals surface area contributed by atoms with E-state index in [-0.39, 0.29) is 24.2 Å². The number of nitrogens with one attached hydrogen (secondary N) is 2. The van der Waals surface area contributed by atoms with Crippen LogP contribution in [0.3, 0.4) is 0 Å². The van der Waals surface area contributed by atoms with Gasteiger partial charge >= 0.3 is 0 Å². The third kappa shape index (κ3) is 7.57. The molecular formula is C27H34N4O6S. The van der Waals surface area contributed by atoms with Crippen LogP contribution in [0.4, 0.5) is 5.82 Å². The highest BCUT2D eigenvalue weighted by Crippen LogP contribution is 2.39. The van der Waals surface area contributed by atoms with Crippen molar-refractivity contribution in [3.8, 4) is 17.2 Å². The average Bonchev–Trinajstić information content (AvgIpc) is 3.63. The van der Waals surface area contributed by atoms with Crippen molar-refractivity contribution in [1.82, 2.24) is 14.5 Å². The van der Waals surface area contributed by atoms with Crippen LogP contribution >= 0.6 is 0 Å². The Morgan fingerprint density at radius 1 is 1.03 bits per heavy atom. The van der Waals surface area contributed by atoms with Gasteiger partial charge in [0, 0.05) is 57.4 Å². The molecule has 0 unspecified atom stereocenters. The zero-order valence-corrected chi connectivity index (χ0v) is 22.9. The molecule has 2 N–H and O–H groups in total. The Morgan fingerprint density at radius 3 is 2.39 bits per heavy atom. The average molecular weight is 543 g/mol. The predicted octanol–water partition coefficient (Wildman–Crippen LogP) is 4.17. The highest BCUT2D eigenvalue weighted by molar-refractivity contribution is 7.89. The molecular weight excluding hydrogens is 508 g/mol. The topological polar surface area (TPSA) is 113 Å². The maximum absolute atomic E-state index is 12.5. The monoisotopic (exact) mass is 542 g/mol. The quantitative estimate of drug-likeness (QED) is 0.292. The lowest BCUT2D eigenvalue weighted by Crippen LogP contribution is -2.27. The first kappa shape index (κ1) is 27.6. The summed E-state index contributed by atoms with van der Waals surface area (Å²) in [6.07, 6.45) is 3.73. The molecule has 0 amide bonds. The zero-order chi connectivity index (χ0) is 27.1. The summed E-state index contributed by atoms with van der Waals surface area (Å²) in [4.78, 5) is 0.146. The molecule has 2 aromatic carbocycles. The predicted molar refractivity (Wildman–Crippen MR) is 145 cm³/mol. The van der Waals surface area contributed by atoms with Gasteiger partial charge in [-0.15, -0.1) is 0 Å². The summed E-state index contributed by atoms with van der Waals surface area (Å²) in [5, 5.41) is 7.90. The molecule has 0 aliphatic heterocycles. The minimum absolute atomic E-state index is 0.146. The number of allylic oxidation sites excluding steroid dienone is 1. The van der Waals surface area contributed by atoms with E-state index in [2.05, 4.69) is 15.1 Å². The molecule has 1 aromatic heterocycles. The summed E-state index contributed by atoms with van der Waals surface area (Å²) in [6, 6.07) is 13.9. The number of hydrogen-bond acceptors (Lipinski definition) is 8. The molecule has 1 atom stereocenters. The second-order valence-corrected chi connectivity index (χ2v) is 10.8. The number of benzene rings is 2. The molecule has 0 saturated heterocycles. The molecule has 1 saturated carbocycles. The lowest BCUT2D eigenvalue weighted by molar-refractivity contribution is 0.0919. The summed E-state index contributed by atoms with van der Waals surface area (Å²) < 4.78 is 51.6. The van der Waals surface area contributed by atoms with Crippen LogP contribution in [0.15, 0.2) is 65.2 Å². The first-order valence-electron chi connectivity index (χ1n) is 12.3. The highest BCUT2D eigenvalue weighted by atomic mass is 32.2. The zero-order valence-electron chi connectivity index (χ0n) is 22.1. The highest BCUT2D eigenvalue weighted by Gasteiger charge is 2.22. The van der Waals surface area contributed by atoms with Gasteiger partial charge in [-0.1, -0.05) is 0 Å². The lowest BCUT2D eigenvalue weighted by atomic mass is 10.1. The van der Waals surface area contributed by atoms with Crippen LogP contribution in [0.25, 0.3) is 5.70 Å². The number of aryl methyl sites for hydroxylation is 1. The summed E-state index contributed by atoms with van der Waals surface area (Å²) in [5.41, 5.74) is 3.17. The summed E-state index contributed by atoms with van der Waals surface area (Å²) >= 11 is 0. The van der Waals surface area contributed by atoms with Crippen LogP contribution in [0.2, 0.25) is 0 Å². The lowest BCUT2D eigenvalue weighted by Gasteiger charge is -2.18. The van der Waals surface area contributed by atoms with Crippen molar-refractivity contribution in [2.24, 2.45) is 7.05 Å². The fraction of sp³-hybridized carbons (Fsp3) is 0.370. The molecule has 38 heavy (non-hydrogen) atoms. The van der Waals surface area contributed by atoms with E-state index in [0.29, 0.717) is 23.9 Å². The van der Waals surface area contributed by atoms with Gasteiger partial charge in [-0.3, -0.25) is 4.68 Å². The first-order chi connectivity index (χ1) is 18.3. The SMILES string of the molecule is COCCNS(=O)(=O)c1ccc(Oc2cc(O[C@@H](C)COC)cc(C(Nc3ccn(C)n3)=C3CC3)c2)cc1. The number of aromatic nitrogens is 2. The fourth-order valence-electron chi connectivity index (χ4n) is 3.82. The second kappa shape index (κ2) is 12.4. The van der Waals surface area contributed by atoms with Gasteiger partial charge in [0.05, 0.1) is 18.1 Å². The number of nitrogens with zero attached hydrogens (tertiary/aromatic N) is 2. The maximum atomic E-state index is 12.5. The van der Waals surface area contributed by atoms with Gasteiger partial charge in [0.25, 0.3) is 0 Å². The number of ether oxygens (including phenoxy) is 4. The normalized spacial score (nSPS) is 13.7. The smallest absolute Gasteiger partial charge is 0.240 e. The van der Waals surface area contributed by atoms with Crippen molar-refractivity contribution < 1.29 is 27.4 Å². The van der Waals surface area contributed by atoms with Crippen LogP contribution in [0.5, 0.6) is 17.2 Å². The number of sulfonamides is 1. The number of rotatable bonds is 14. The van der Waals surface area contributed by atoms with Crippen molar-refractivity contribution in [2.45, 2.75) is 30.8 Å². The third-order valence-corrected chi connectivity index (χ3v) is 7.17. The van der Waals surface area contributed by atoms with Crippen LogP contribution in [0, 0.1) is 0 Å². The number of methoxy groups -OCH3 is 2. The van der Waals surface area contributed by atoms with Crippen LogP contribution < -0.4 is 19.5 Å². The molecule has 204 valence electrons. The van der Waals surface area contributed by atoms with E-state index in [1.807, 2.05) is 44.4 Å². The minimum Gasteiger partial charge on any atom is -0.488 e. The fourth-order valence-corrected chi connectivity index (χ4v) is 4.83. The molecule has 10 nitrogen and oxygen atoms in total. The Balaban J connectivity index is 1.60. The van der Waals surface area contributed by atoms with E-state index in [1.165, 1.54) is 24.8 Å². The second-order valence-electron chi connectivity index (χ2n) is 9.02. The molecule has 0 bridgehead atoms. The molecule has 1 heterocycles. The Kier molecular flexibility index (Phi) is 9.05. The first-order valence-corrected chi connectivity index (χ1v) is 13.8. The van der Waals surface area contributed by atoms with Crippen molar-refractivity contribution in [3.63, 3.8) is 0 Å². The molecule has 1 aliphatic carbocycles. The molecule has 0 radical (unpaired) electrons. The summed E-state index contributed by atoms with van der Waals surface area (Å²) in [6.45, 7) is 2.86. The standard InChI is InChI=1S/C27H34N4O6S/c1-19(18-35-4)36-23-15-21(27(20-5-6-20)29-26-11-13-31(2)30-26)16-24(17-23)37-22-7-9-25(10-8-22)38(32,33)28-12-14-34-3/h7-11,13,15-17,19,28H,5-6,12,14,18H2,1-4H3,(H,29,30)/t19-/m0/s1. The molecule has 1 fully saturated rings. The Morgan fingerprint density at radius 2 is 1.76 bits per heavy atom. The molecule has 1 aliphatic rings. The van der Waals surface area contributed by atoms with Crippen molar-refractivity contribution in [3.05, 3.63) is 65.9 Å². The Bertz CT molecular complexity index is 1360. The number of anilines is 1. The van der Waals surface area contributed by atoms with Gasteiger partial charge in [0.15, 0.2) is 5.82 Å². The molecule has 0 spiro atoms. The van der Waals surface area contributed by atoms with Crippen LogP contribution in [0.1, 0.15) is 25.3 Å². The van der Waals surface area contributed by atoms with E-state index in [1.54, 1.807) is 23.9 Å². The molecule has 4 rings (SSSR count). The Hall–Kier alpha value is -3.38.